The van der Waals surface area contributed by atoms with Crippen LogP contribution < -0.4 is 0 Å². The molecule has 0 fully saturated rings. The maximum atomic E-state index is 9.81. The van der Waals surface area contributed by atoms with Gasteiger partial charge in [0.15, 0.2) is 0 Å². The normalized spacial score (nSPS) is 13.7. The molecule has 0 atom stereocenters. The van der Waals surface area contributed by atoms with Gasteiger partial charge < -0.3 is 4.42 Å². The third kappa shape index (κ3) is 3.65. The molecule has 0 amide bonds. The van der Waals surface area contributed by atoms with Crippen molar-refractivity contribution in [1.82, 2.24) is 0 Å². The van der Waals surface area contributed by atoms with Crippen LogP contribution in [0.2, 0.25) is 0 Å². The first-order chi connectivity index (χ1) is 23.9. The molecule has 0 aliphatic carbocycles. The van der Waals surface area contributed by atoms with Crippen LogP contribution in [-0.2, 0) is 0 Å². The van der Waals surface area contributed by atoms with Gasteiger partial charge >= 0.3 is 0 Å². The third-order valence-corrected chi connectivity index (χ3v) is 8.38. The van der Waals surface area contributed by atoms with Crippen molar-refractivity contribution in [3.63, 3.8) is 0 Å². The Morgan fingerprint density at radius 1 is 0.419 bits per heavy atom. The van der Waals surface area contributed by atoms with Crippen LogP contribution in [0.1, 0.15) is 8.22 Å². The molecule has 0 saturated carbocycles. The Hall–Kier alpha value is -5.66. The average molecular weight is 553 g/mol. The molecule has 9 rings (SSSR count). The van der Waals surface area contributed by atoms with Gasteiger partial charge in [-0.15, -0.1) is 0 Å². The van der Waals surface area contributed by atoms with Gasteiger partial charge in [-0.3, -0.25) is 0 Å². The van der Waals surface area contributed by atoms with E-state index in [1.54, 1.807) is 0 Å². The van der Waals surface area contributed by atoms with E-state index in [9.17, 15) is 4.11 Å². The van der Waals surface area contributed by atoms with Crippen molar-refractivity contribution in [3.8, 4) is 33.4 Å². The van der Waals surface area contributed by atoms with Crippen LogP contribution >= 0.6 is 0 Å². The summed E-state index contributed by atoms with van der Waals surface area (Å²) in [6, 6.07) is 38.8. The molecule has 0 aliphatic heterocycles. The third-order valence-electron chi connectivity index (χ3n) is 8.38. The van der Waals surface area contributed by atoms with Crippen LogP contribution in [0.3, 0.4) is 0 Å². The lowest BCUT2D eigenvalue weighted by Gasteiger charge is -2.18. The van der Waals surface area contributed by atoms with Gasteiger partial charge in [0.25, 0.3) is 0 Å². The fourth-order valence-electron chi connectivity index (χ4n) is 6.53. The summed E-state index contributed by atoms with van der Waals surface area (Å²) in [6.07, 6.45) is 0. The van der Waals surface area contributed by atoms with Gasteiger partial charge in [0.05, 0.1) is 8.22 Å². The number of hydrogen-bond acceptors (Lipinski definition) is 1. The Kier molecular flexibility index (Phi) is 4.11. The van der Waals surface area contributed by atoms with Gasteiger partial charge in [0.2, 0.25) is 0 Å². The Morgan fingerprint density at radius 3 is 1.79 bits per heavy atom. The molecule has 0 spiro atoms. The van der Waals surface area contributed by atoms with Crippen molar-refractivity contribution in [1.29, 1.82) is 0 Å². The second-order valence-electron chi connectivity index (χ2n) is 10.7. The smallest absolute Gasteiger partial charge is 0.136 e. The SMILES string of the molecule is [2H]c1c(-c2c3ccccc3c(-c3cccc4ccccc34)c3ccccc23)c([2H])c2c(oc3c([2H])c([2H])c([2H])c(-c4ccccc4)c32)c1[2H]. The summed E-state index contributed by atoms with van der Waals surface area (Å²) >= 11 is 0. The van der Waals surface area contributed by atoms with Crippen LogP contribution in [0.4, 0.5) is 0 Å². The molecule has 0 N–H and O–H groups in total. The maximum Gasteiger partial charge on any atom is 0.136 e. The first-order valence-corrected chi connectivity index (χ1v) is 14.3. The standard InChI is InChI=1S/C42H26O/c1-2-12-28(13-3-1)31-21-11-23-39-42(31)37-26-29(24-25-38(37)43-39)40-33-17-6-8-19-35(33)41(36-20-9-7-18-34(36)40)32-22-10-15-27-14-4-5-16-30(27)32/h1-26H/i11D,21D,23D,24D,25D,26D. The number of fused-ring (bicyclic) bond motifs is 6. The number of benzene rings is 8. The summed E-state index contributed by atoms with van der Waals surface area (Å²) in [5.74, 6) is 0. The largest absolute Gasteiger partial charge is 0.456 e. The minimum atomic E-state index is -0.296. The second kappa shape index (κ2) is 9.44. The molecule has 0 radical (unpaired) electrons. The fraction of sp³-hybridized carbons (Fsp3) is 0. The van der Waals surface area contributed by atoms with E-state index in [0.29, 0.717) is 22.1 Å². The Bertz CT molecular complexity index is 2780. The highest BCUT2D eigenvalue weighted by Gasteiger charge is 2.19. The van der Waals surface area contributed by atoms with Crippen LogP contribution in [-0.4, -0.2) is 0 Å². The summed E-state index contributed by atoms with van der Waals surface area (Å²) < 4.78 is 60.8. The fourth-order valence-corrected chi connectivity index (χ4v) is 6.53. The molecule has 0 bridgehead atoms. The molecular weight excluding hydrogens is 520 g/mol. The molecule has 1 aromatic heterocycles. The topological polar surface area (TPSA) is 13.1 Å². The zero-order valence-electron chi connectivity index (χ0n) is 29.0. The number of furan rings is 1. The van der Waals surface area contributed by atoms with Crippen molar-refractivity contribution < 1.29 is 12.6 Å². The average Bonchev–Trinajstić information content (AvgIpc) is 3.54. The van der Waals surface area contributed by atoms with Gasteiger partial charge in [-0.2, -0.15) is 0 Å². The first-order valence-electron chi connectivity index (χ1n) is 17.3. The van der Waals surface area contributed by atoms with Gasteiger partial charge in [-0.1, -0.05) is 139 Å². The van der Waals surface area contributed by atoms with E-state index in [2.05, 4.69) is 42.5 Å². The van der Waals surface area contributed by atoms with Crippen molar-refractivity contribution in [2.45, 2.75) is 0 Å². The zero-order valence-corrected chi connectivity index (χ0v) is 23.0. The molecule has 0 unspecified atom stereocenters. The quantitative estimate of drug-likeness (QED) is 0.199. The van der Waals surface area contributed by atoms with Gasteiger partial charge in [-0.25, -0.2) is 0 Å². The number of hydrogen-bond donors (Lipinski definition) is 0. The van der Waals surface area contributed by atoms with E-state index in [1.807, 2.05) is 78.9 Å². The van der Waals surface area contributed by atoms with Crippen LogP contribution in [0.5, 0.6) is 0 Å². The Morgan fingerprint density at radius 2 is 1.05 bits per heavy atom. The van der Waals surface area contributed by atoms with Crippen LogP contribution in [0, 0.1) is 0 Å². The summed E-state index contributed by atoms with van der Waals surface area (Å²) in [4.78, 5) is 0. The van der Waals surface area contributed by atoms with Crippen molar-refractivity contribution in [3.05, 3.63) is 158 Å². The first kappa shape index (κ1) is 18.7. The van der Waals surface area contributed by atoms with E-state index in [4.69, 9.17) is 8.53 Å². The van der Waals surface area contributed by atoms with E-state index in [1.165, 1.54) is 0 Å². The summed E-state index contributed by atoms with van der Waals surface area (Å²) in [5, 5.41) is 6.46. The van der Waals surface area contributed by atoms with Crippen LogP contribution in [0.25, 0.3) is 87.6 Å². The van der Waals surface area contributed by atoms with E-state index in [0.717, 1.165) is 43.4 Å². The highest BCUT2D eigenvalue weighted by Crippen LogP contribution is 2.46. The molecule has 43 heavy (non-hydrogen) atoms. The predicted octanol–water partition coefficient (Wildman–Crippen LogP) is 12.0. The maximum absolute atomic E-state index is 9.81. The summed E-state index contributed by atoms with van der Waals surface area (Å²) in [7, 11) is 0. The zero-order chi connectivity index (χ0) is 33.6. The van der Waals surface area contributed by atoms with Crippen molar-refractivity contribution in [2.24, 2.45) is 0 Å². The molecule has 1 heteroatoms. The van der Waals surface area contributed by atoms with E-state index < -0.39 is 0 Å². The highest BCUT2D eigenvalue weighted by atomic mass is 16.3. The molecular formula is C42H26O. The van der Waals surface area contributed by atoms with E-state index in [-0.39, 0.29) is 58.4 Å². The molecule has 1 heterocycles. The minimum absolute atomic E-state index is 0.00502. The molecule has 9 aromatic rings. The lowest BCUT2D eigenvalue weighted by molar-refractivity contribution is 0.669. The van der Waals surface area contributed by atoms with Crippen LogP contribution in [0.15, 0.2) is 162 Å². The molecule has 0 aliphatic rings. The molecule has 0 saturated heterocycles. The number of rotatable bonds is 3. The van der Waals surface area contributed by atoms with Crippen molar-refractivity contribution >= 4 is 54.3 Å². The predicted molar refractivity (Wildman–Crippen MR) is 183 cm³/mol. The second-order valence-corrected chi connectivity index (χ2v) is 10.7. The highest BCUT2D eigenvalue weighted by molar-refractivity contribution is 6.24. The van der Waals surface area contributed by atoms with E-state index >= 15 is 0 Å². The Labute approximate surface area is 257 Å². The lowest BCUT2D eigenvalue weighted by Crippen LogP contribution is -1.91. The minimum Gasteiger partial charge on any atom is -0.456 e. The van der Waals surface area contributed by atoms with Gasteiger partial charge in [0.1, 0.15) is 11.2 Å². The summed E-state index contributed by atoms with van der Waals surface area (Å²) in [5.41, 5.74) is 4.14. The monoisotopic (exact) mass is 552 g/mol. The van der Waals surface area contributed by atoms with Crippen molar-refractivity contribution in [2.75, 3.05) is 0 Å². The van der Waals surface area contributed by atoms with Gasteiger partial charge in [0, 0.05) is 10.8 Å². The molecule has 200 valence electrons. The lowest BCUT2D eigenvalue weighted by atomic mass is 9.84. The molecule has 1 nitrogen and oxygen atoms in total. The molecule has 8 aromatic carbocycles. The van der Waals surface area contributed by atoms with Gasteiger partial charge in [-0.05, 0) is 83.8 Å². The Balaban J connectivity index is 1.48. The summed E-state index contributed by atoms with van der Waals surface area (Å²) in [6.45, 7) is 0.